The maximum atomic E-state index is 13.9. The smallest absolute Gasteiger partial charge is 0.282 e. The minimum absolute atomic E-state index is 0.353. The Hall–Kier alpha value is -3.48. The fourth-order valence-electron chi connectivity index (χ4n) is 4.49. The summed E-state index contributed by atoms with van der Waals surface area (Å²) in [6.07, 6.45) is 2.07. The van der Waals surface area contributed by atoms with Gasteiger partial charge in [-0.15, -0.1) is 0 Å². The largest absolute Gasteiger partial charge is 0.497 e. The van der Waals surface area contributed by atoms with Crippen molar-refractivity contribution in [1.29, 1.82) is 0 Å². The molecular weight excluding hydrogens is 408 g/mol. The van der Waals surface area contributed by atoms with Crippen LogP contribution in [0.5, 0.6) is 17.2 Å². The molecule has 7 nitrogen and oxygen atoms in total. The predicted molar refractivity (Wildman–Crippen MR) is 122 cm³/mol. The topological polar surface area (TPSA) is 68.3 Å². The van der Waals surface area contributed by atoms with Crippen molar-refractivity contribution in [2.24, 2.45) is 5.92 Å². The average molecular weight is 437 g/mol. The molecular formula is C25H28N2O5. The number of nitrogens with zero attached hydrogens (tertiary/aromatic N) is 2. The number of ether oxygens (including phenoxy) is 3. The second-order valence-corrected chi connectivity index (χ2v) is 8.10. The second-order valence-electron chi connectivity index (χ2n) is 8.10. The summed E-state index contributed by atoms with van der Waals surface area (Å²) in [5, 5.41) is 0. The van der Waals surface area contributed by atoms with E-state index in [4.69, 9.17) is 14.2 Å². The Balaban J connectivity index is 1.90. The fourth-order valence-corrected chi connectivity index (χ4v) is 4.49. The van der Waals surface area contributed by atoms with Gasteiger partial charge in [0.2, 0.25) is 0 Å². The van der Waals surface area contributed by atoms with Gasteiger partial charge in [-0.05, 0) is 37.0 Å². The van der Waals surface area contributed by atoms with E-state index in [0.717, 1.165) is 25.9 Å². The first-order valence-corrected chi connectivity index (χ1v) is 10.7. The molecule has 0 bridgehead atoms. The molecule has 0 radical (unpaired) electrons. The SMILES string of the molecule is COc1ccc(OC)c(N2C(=O)C(c3ccccc3OC)=C(N3CCCC(C)C3)C2=O)c1. The van der Waals surface area contributed by atoms with Gasteiger partial charge in [-0.25, -0.2) is 4.90 Å². The van der Waals surface area contributed by atoms with Gasteiger partial charge in [0.15, 0.2) is 0 Å². The molecule has 7 heteroatoms. The Bertz CT molecular complexity index is 1080. The Labute approximate surface area is 188 Å². The normalized spacial score (nSPS) is 18.9. The number of benzene rings is 2. The van der Waals surface area contributed by atoms with Crippen LogP contribution < -0.4 is 19.1 Å². The monoisotopic (exact) mass is 436 g/mol. The highest BCUT2D eigenvalue weighted by molar-refractivity contribution is 6.46. The van der Waals surface area contributed by atoms with Gasteiger partial charge in [0.1, 0.15) is 22.9 Å². The minimum Gasteiger partial charge on any atom is -0.497 e. The first-order chi connectivity index (χ1) is 15.5. The van der Waals surface area contributed by atoms with Gasteiger partial charge in [-0.1, -0.05) is 25.1 Å². The van der Waals surface area contributed by atoms with Crippen LogP contribution in [-0.2, 0) is 9.59 Å². The Morgan fingerprint density at radius 1 is 0.906 bits per heavy atom. The number of likely N-dealkylation sites (tertiary alicyclic amines) is 1. The summed E-state index contributed by atoms with van der Waals surface area (Å²) in [6, 6.07) is 12.4. The average Bonchev–Trinajstić information content (AvgIpc) is 3.08. The summed E-state index contributed by atoms with van der Waals surface area (Å²) in [4.78, 5) is 30.9. The third kappa shape index (κ3) is 3.68. The lowest BCUT2D eigenvalue weighted by Crippen LogP contribution is -2.39. The summed E-state index contributed by atoms with van der Waals surface area (Å²) in [7, 11) is 4.61. The van der Waals surface area contributed by atoms with E-state index in [1.807, 2.05) is 23.1 Å². The maximum absolute atomic E-state index is 13.9. The molecule has 2 aliphatic heterocycles. The zero-order chi connectivity index (χ0) is 22.8. The van der Waals surface area contributed by atoms with Crippen molar-refractivity contribution < 1.29 is 23.8 Å². The van der Waals surface area contributed by atoms with Crippen LogP contribution in [-0.4, -0.2) is 51.1 Å². The summed E-state index contributed by atoms with van der Waals surface area (Å²) >= 11 is 0. The van der Waals surface area contributed by atoms with Crippen LogP contribution in [0.15, 0.2) is 48.2 Å². The number of methoxy groups -OCH3 is 3. The van der Waals surface area contributed by atoms with Gasteiger partial charge in [0.25, 0.3) is 11.8 Å². The molecule has 2 heterocycles. The van der Waals surface area contributed by atoms with Crippen molar-refractivity contribution in [3.05, 3.63) is 53.7 Å². The highest BCUT2D eigenvalue weighted by Gasteiger charge is 2.45. The van der Waals surface area contributed by atoms with Gasteiger partial charge in [-0.3, -0.25) is 9.59 Å². The molecule has 4 rings (SSSR count). The number of carbonyl (C=O) groups excluding carboxylic acids is 2. The predicted octanol–water partition coefficient (Wildman–Crippen LogP) is 3.73. The molecule has 1 saturated heterocycles. The maximum Gasteiger partial charge on any atom is 0.282 e. The van der Waals surface area contributed by atoms with Gasteiger partial charge in [0.05, 0.1) is 32.6 Å². The molecule has 0 aromatic heterocycles. The van der Waals surface area contributed by atoms with Gasteiger partial charge in [0, 0.05) is 24.7 Å². The van der Waals surface area contributed by atoms with Gasteiger partial charge < -0.3 is 19.1 Å². The molecule has 1 unspecified atom stereocenters. The van der Waals surface area contributed by atoms with Crippen LogP contribution >= 0.6 is 0 Å². The molecule has 2 aromatic carbocycles. The van der Waals surface area contributed by atoms with Crippen molar-refractivity contribution in [1.82, 2.24) is 4.90 Å². The number of hydrogen-bond donors (Lipinski definition) is 0. The van der Waals surface area contributed by atoms with Gasteiger partial charge >= 0.3 is 0 Å². The van der Waals surface area contributed by atoms with Crippen LogP contribution in [0.4, 0.5) is 5.69 Å². The quantitative estimate of drug-likeness (QED) is 0.643. The number of amides is 2. The molecule has 168 valence electrons. The number of piperidine rings is 1. The highest BCUT2D eigenvalue weighted by Crippen LogP contribution is 2.42. The zero-order valence-electron chi connectivity index (χ0n) is 18.9. The number of para-hydroxylation sites is 1. The van der Waals surface area contributed by atoms with Crippen molar-refractivity contribution in [3.63, 3.8) is 0 Å². The molecule has 0 aliphatic carbocycles. The lowest BCUT2D eigenvalue weighted by Gasteiger charge is -2.33. The van der Waals surface area contributed by atoms with E-state index in [2.05, 4.69) is 6.92 Å². The lowest BCUT2D eigenvalue weighted by molar-refractivity contribution is -0.120. The van der Waals surface area contributed by atoms with Crippen LogP contribution in [0.2, 0.25) is 0 Å². The Kier molecular flexibility index (Phi) is 6.08. The first-order valence-electron chi connectivity index (χ1n) is 10.7. The van der Waals surface area contributed by atoms with E-state index in [1.54, 1.807) is 31.4 Å². The molecule has 0 N–H and O–H groups in total. The summed E-state index contributed by atoms with van der Waals surface area (Å²) in [5.74, 6) is 1.15. The van der Waals surface area contributed by atoms with Crippen molar-refractivity contribution in [3.8, 4) is 17.2 Å². The van der Waals surface area contributed by atoms with Gasteiger partial charge in [-0.2, -0.15) is 0 Å². The third-order valence-electron chi connectivity index (χ3n) is 6.04. The Morgan fingerprint density at radius 3 is 2.34 bits per heavy atom. The van der Waals surface area contributed by atoms with E-state index in [1.165, 1.54) is 19.1 Å². The lowest BCUT2D eigenvalue weighted by atomic mass is 9.97. The second kappa shape index (κ2) is 8.94. The van der Waals surface area contributed by atoms with Crippen molar-refractivity contribution in [2.45, 2.75) is 19.8 Å². The van der Waals surface area contributed by atoms with Crippen LogP contribution in [0.3, 0.4) is 0 Å². The van der Waals surface area contributed by atoms with E-state index < -0.39 is 5.91 Å². The van der Waals surface area contributed by atoms with E-state index in [0.29, 0.717) is 45.7 Å². The number of imide groups is 1. The standard InChI is InChI=1S/C25H28N2O5/c1-16-8-7-13-26(15-16)23-22(18-9-5-6-10-20(18)31-3)24(28)27(25(23)29)19-14-17(30-2)11-12-21(19)32-4/h5-6,9-12,14,16H,7-8,13,15H2,1-4H3. The zero-order valence-corrected chi connectivity index (χ0v) is 18.9. The third-order valence-corrected chi connectivity index (χ3v) is 6.04. The summed E-state index contributed by atoms with van der Waals surface area (Å²) < 4.78 is 16.4. The molecule has 2 amide bonds. The van der Waals surface area contributed by atoms with E-state index in [9.17, 15) is 9.59 Å². The van der Waals surface area contributed by atoms with E-state index in [-0.39, 0.29) is 5.91 Å². The fraction of sp³-hybridized carbons (Fsp3) is 0.360. The van der Waals surface area contributed by atoms with Crippen LogP contribution in [0.25, 0.3) is 5.57 Å². The van der Waals surface area contributed by atoms with Crippen molar-refractivity contribution in [2.75, 3.05) is 39.3 Å². The molecule has 1 atom stereocenters. The molecule has 32 heavy (non-hydrogen) atoms. The summed E-state index contributed by atoms with van der Waals surface area (Å²) in [6.45, 7) is 3.61. The number of carbonyl (C=O) groups is 2. The molecule has 0 spiro atoms. The molecule has 0 saturated carbocycles. The van der Waals surface area contributed by atoms with E-state index >= 15 is 0 Å². The number of anilines is 1. The van der Waals surface area contributed by atoms with Crippen molar-refractivity contribution >= 4 is 23.1 Å². The molecule has 2 aromatic rings. The summed E-state index contributed by atoms with van der Waals surface area (Å²) in [5.41, 5.74) is 1.72. The van der Waals surface area contributed by atoms with Crippen LogP contribution in [0.1, 0.15) is 25.3 Å². The first kappa shape index (κ1) is 21.7. The Morgan fingerprint density at radius 2 is 1.66 bits per heavy atom. The number of rotatable bonds is 6. The van der Waals surface area contributed by atoms with Crippen LogP contribution in [0, 0.1) is 5.92 Å². The number of hydrogen-bond acceptors (Lipinski definition) is 6. The molecule has 1 fully saturated rings. The minimum atomic E-state index is -0.403. The molecule has 2 aliphatic rings. The highest BCUT2D eigenvalue weighted by atomic mass is 16.5.